The number of hydrogen-bond donors (Lipinski definition) is 2. The van der Waals surface area contributed by atoms with Gasteiger partial charge in [-0.3, -0.25) is 4.79 Å². The first kappa shape index (κ1) is 29.5. The minimum Gasteiger partial charge on any atom is -0.480 e. The van der Waals surface area contributed by atoms with Crippen LogP contribution in [0.25, 0.3) is 11.0 Å². The number of halogens is 4. The number of fused-ring (bicyclic) bond motifs is 1. The number of nitrogens with one attached hydrogen (secondary N) is 1. The van der Waals surface area contributed by atoms with Crippen molar-refractivity contribution in [1.82, 2.24) is 14.5 Å². The van der Waals surface area contributed by atoms with E-state index in [9.17, 15) is 27.9 Å². The summed E-state index contributed by atoms with van der Waals surface area (Å²) in [5.74, 6) is -1.17. The molecule has 0 radical (unpaired) electrons. The summed E-state index contributed by atoms with van der Waals surface area (Å²) in [6.45, 7) is 8.03. The van der Waals surface area contributed by atoms with Crippen LogP contribution >= 0.6 is 11.6 Å². The van der Waals surface area contributed by atoms with Crippen molar-refractivity contribution in [3.63, 3.8) is 0 Å². The Balaban J connectivity index is 1.78. The SMILES string of the molecule is C[C@H]1C[C@@H](n2c(Nc3ccc(OC(F)(F)F)cc3)nc3cc(C(=O)N(C)[C@@H](C)C(=O)O)c(Cl)cc32)CC(C)(C)C1. The number of carboxylic acids is 1. The molecule has 3 atom stereocenters. The van der Waals surface area contributed by atoms with Crippen LogP contribution in [-0.4, -0.2) is 50.9 Å². The number of likely N-dealkylation sites (N-methyl/N-ethyl adjacent to an activating group) is 1. The molecular weight excluding hydrogens is 549 g/mol. The average Bonchev–Trinajstić information content (AvgIpc) is 3.17. The van der Waals surface area contributed by atoms with Crippen molar-refractivity contribution in [1.29, 1.82) is 0 Å². The zero-order valence-corrected chi connectivity index (χ0v) is 23.6. The standard InChI is InChI=1S/C28H32ClF3N4O4/c1-15-10-18(14-27(3,4)13-15)36-23-12-21(29)20(24(37)35(5)16(2)25(38)39)11-22(23)34-26(36)33-17-6-8-19(9-7-17)40-28(30,31)32/h6-9,11-12,15-16,18H,10,13-14H2,1-5H3,(H,33,34)(H,38,39)/t15-,16-,18+/m0/s1. The number of carbonyl (C=O) groups excluding carboxylic acids is 1. The first-order chi connectivity index (χ1) is 18.5. The number of aliphatic carboxylic acids is 1. The second-order valence-electron chi connectivity index (χ2n) is 11.3. The Bertz CT molecular complexity index is 1420. The van der Waals surface area contributed by atoms with E-state index in [0.29, 0.717) is 28.6 Å². The van der Waals surface area contributed by atoms with E-state index in [1.165, 1.54) is 38.2 Å². The molecule has 0 unspecified atom stereocenters. The molecule has 12 heteroatoms. The van der Waals surface area contributed by atoms with E-state index in [4.69, 9.17) is 16.6 Å². The molecule has 40 heavy (non-hydrogen) atoms. The quantitative estimate of drug-likeness (QED) is 0.305. The molecule has 2 aromatic carbocycles. The van der Waals surface area contributed by atoms with Crippen LogP contribution < -0.4 is 10.1 Å². The van der Waals surface area contributed by atoms with Gasteiger partial charge in [-0.15, -0.1) is 13.2 Å². The Morgan fingerprint density at radius 3 is 2.45 bits per heavy atom. The number of anilines is 2. The molecule has 4 rings (SSSR count). The van der Waals surface area contributed by atoms with Crippen LogP contribution in [0.15, 0.2) is 36.4 Å². The molecule has 8 nitrogen and oxygen atoms in total. The van der Waals surface area contributed by atoms with Gasteiger partial charge in [0, 0.05) is 18.8 Å². The van der Waals surface area contributed by atoms with Gasteiger partial charge in [0.2, 0.25) is 5.95 Å². The molecule has 0 aliphatic heterocycles. The molecule has 3 aromatic rings. The number of ether oxygens (including phenoxy) is 1. The van der Waals surface area contributed by atoms with E-state index >= 15 is 0 Å². The van der Waals surface area contributed by atoms with Crippen molar-refractivity contribution < 1.29 is 32.6 Å². The van der Waals surface area contributed by atoms with Crippen LogP contribution in [0.5, 0.6) is 5.75 Å². The van der Waals surface area contributed by atoms with Gasteiger partial charge in [-0.2, -0.15) is 0 Å². The molecular formula is C28H32ClF3N4O4. The summed E-state index contributed by atoms with van der Waals surface area (Å²) in [5.41, 5.74) is 1.82. The van der Waals surface area contributed by atoms with Gasteiger partial charge in [0.15, 0.2) is 0 Å². The second kappa shape index (κ2) is 10.8. The van der Waals surface area contributed by atoms with Crippen molar-refractivity contribution in [3.8, 4) is 5.75 Å². The molecule has 0 bridgehead atoms. The van der Waals surface area contributed by atoms with Gasteiger partial charge >= 0.3 is 12.3 Å². The monoisotopic (exact) mass is 580 g/mol. The lowest BCUT2D eigenvalue weighted by atomic mass is 9.70. The lowest BCUT2D eigenvalue weighted by molar-refractivity contribution is -0.274. The summed E-state index contributed by atoms with van der Waals surface area (Å²) in [6.07, 6.45) is -2.00. The Kier molecular flexibility index (Phi) is 7.99. The van der Waals surface area contributed by atoms with Crippen molar-refractivity contribution in [2.24, 2.45) is 11.3 Å². The third-order valence-electron chi connectivity index (χ3n) is 7.34. The predicted octanol–water partition coefficient (Wildman–Crippen LogP) is 7.26. The number of amides is 1. The fourth-order valence-electron chi connectivity index (χ4n) is 5.63. The van der Waals surface area contributed by atoms with E-state index in [2.05, 4.69) is 30.8 Å². The highest BCUT2D eigenvalue weighted by Gasteiger charge is 2.35. The minimum atomic E-state index is -4.79. The smallest absolute Gasteiger partial charge is 0.480 e. The van der Waals surface area contributed by atoms with Gasteiger partial charge in [0.25, 0.3) is 5.91 Å². The third-order valence-corrected chi connectivity index (χ3v) is 7.65. The lowest BCUT2D eigenvalue weighted by Gasteiger charge is -2.40. The number of rotatable bonds is 7. The van der Waals surface area contributed by atoms with E-state index in [-0.39, 0.29) is 27.8 Å². The number of imidazole rings is 1. The highest BCUT2D eigenvalue weighted by Crippen LogP contribution is 2.46. The van der Waals surface area contributed by atoms with Crippen molar-refractivity contribution in [2.75, 3.05) is 12.4 Å². The van der Waals surface area contributed by atoms with Crippen LogP contribution in [0.2, 0.25) is 5.02 Å². The summed E-state index contributed by atoms with van der Waals surface area (Å²) in [5, 5.41) is 12.7. The van der Waals surface area contributed by atoms with Gasteiger partial charge in [-0.05, 0) is 73.9 Å². The summed E-state index contributed by atoms with van der Waals surface area (Å²) in [7, 11) is 1.39. The van der Waals surface area contributed by atoms with Gasteiger partial charge in [0.05, 0.1) is 21.6 Å². The highest BCUT2D eigenvalue weighted by atomic mass is 35.5. The Hall–Kier alpha value is -3.47. The maximum absolute atomic E-state index is 13.1. The van der Waals surface area contributed by atoms with Gasteiger partial charge in [-0.25, -0.2) is 9.78 Å². The second-order valence-corrected chi connectivity index (χ2v) is 11.7. The summed E-state index contributed by atoms with van der Waals surface area (Å²) < 4.78 is 43.8. The zero-order chi connectivity index (χ0) is 29.6. The molecule has 1 amide bonds. The fourth-order valence-corrected chi connectivity index (χ4v) is 5.87. The molecule has 1 aliphatic rings. The summed E-state index contributed by atoms with van der Waals surface area (Å²) >= 11 is 6.60. The molecule has 1 aliphatic carbocycles. The molecule has 1 fully saturated rings. The van der Waals surface area contributed by atoms with Crippen LogP contribution in [0.1, 0.15) is 63.4 Å². The van der Waals surface area contributed by atoms with Crippen LogP contribution in [0, 0.1) is 11.3 Å². The fraction of sp³-hybridized carbons (Fsp3) is 0.464. The molecule has 1 saturated carbocycles. The molecule has 0 saturated heterocycles. The molecule has 1 heterocycles. The van der Waals surface area contributed by atoms with Crippen LogP contribution in [0.4, 0.5) is 24.8 Å². The molecule has 216 valence electrons. The van der Waals surface area contributed by atoms with Gasteiger partial charge in [-0.1, -0.05) is 32.4 Å². The Morgan fingerprint density at radius 2 is 1.88 bits per heavy atom. The number of carbonyl (C=O) groups is 2. The normalized spacial score (nSPS) is 19.7. The maximum Gasteiger partial charge on any atom is 0.573 e. The first-order valence-corrected chi connectivity index (χ1v) is 13.3. The van der Waals surface area contributed by atoms with Crippen molar-refractivity contribution >= 4 is 46.1 Å². The topological polar surface area (TPSA) is 96.7 Å². The Labute approximate surface area is 235 Å². The number of carboxylic acid groups (broad SMARTS) is 1. The third kappa shape index (κ3) is 6.46. The average molecular weight is 581 g/mol. The van der Waals surface area contributed by atoms with Gasteiger partial charge in [0.1, 0.15) is 11.8 Å². The summed E-state index contributed by atoms with van der Waals surface area (Å²) in [6, 6.07) is 7.52. The Morgan fingerprint density at radius 1 is 1.23 bits per heavy atom. The maximum atomic E-state index is 13.1. The van der Waals surface area contributed by atoms with E-state index in [0.717, 1.165) is 24.2 Å². The van der Waals surface area contributed by atoms with Crippen LogP contribution in [-0.2, 0) is 4.79 Å². The van der Waals surface area contributed by atoms with Crippen LogP contribution in [0.3, 0.4) is 0 Å². The largest absolute Gasteiger partial charge is 0.573 e. The predicted molar refractivity (Wildman–Crippen MR) is 146 cm³/mol. The van der Waals surface area contributed by atoms with Crippen molar-refractivity contribution in [3.05, 3.63) is 47.0 Å². The van der Waals surface area contributed by atoms with Gasteiger partial charge < -0.3 is 24.6 Å². The number of benzene rings is 2. The zero-order valence-electron chi connectivity index (χ0n) is 22.8. The minimum absolute atomic E-state index is 0.0337. The molecule has 1 aromatic heterocycles. The van der Waals surface area contributed by atoms with Crippen molar-refractivity contribution in [2.45, 2.75) is 65.4 Å². The van der Waals surface area contributed by atoms with E-state index < -0.39 is 24.3 Å². The first-order valence-electron chi connectivity index (χ1n) is 12.9. The van der Waals surface area contributed by atoms with E-state index in [1.807, 2.05) is 4.57 Å². The number of nitrogens with zero attached hydrogens (tertiary/aromatic N) is 3. The lowest BCUT2D eigenvalue weighted by Crippen LogP contribution is -2.40. The summed E-state index contributed by atoms with van der Waals surface area (Å²) in [4.78, 5) is 30.4. The number of aromatic nitrogens is 2. The van der Waals surface area contributed by atoms with E-state index in [1.54, 1.807) is 12.1 Å². The molecule has 2 N–H and O–H groups in total. The number of hydrogen-bond acceptors (Lipinski definition) is 5. The highest BCUT2D eigenvalue weighted by molar-refractivity contribution is 6.34. The molecule has 0 spiro atoms. The number of alkyl halides is 3.